The van der Waals surface area contributed by atoms with Gasteiger partial charge in [0.25, 0.3) is 0 Å². The van der Waals surface area contributed by atoms with Crippen molar-refractivity contribution in [3.8, 4) is 0 Å². The van der Waals surface area contributed by atoms with Crippen molar-refractivity contribution < 1.29 is 33.8 Å². The van der Waals surface area contributed by atoms with Crippen LogP contribution in [0.1, 0.15) is 52.5 Å². The molecule has 1 N–H and O–H groups in total. The second-order valence-electron chi connectivity index (χ2n) is 6.93. The van der Waals surface area contributed by atoms with Gasteiger partial charge in [-0.15, -0.1) is 0 Å². The number of nitrogens with zero attached hydrogens (tertiary/aromatic N) is 2. The average molecular weight is 426 g/mol. The van der Waals surface area contributed by atoms with Crippen LogP contribution in [0.15, 0.2) is 36.5 Å². The van der Waals surface area contributed by atoms with E-state index in [0.29, 0.717) is 11.1 Å². The van der Waals surface area contributed by atoms with E-state index in [2.05, 4.69) is 4.98 Å². The first-order valence-corrected chi connectivity index (χ1v) is 9.78. The van der Waals surface area contributed by atoms with Crippen LogP contribution in [-0.4, -0.2) is 51.6 Å². The molecule has 31 heavy (non-hydrogen) atoms. The van der Waals surface area contributed by atoms with Crippen LogP contribution in [0.25, 0.3) is 6.08 Å². The number of benzene rings is 1. The zero-order chi connectivity index (χ0) is 22.6. The van der Waals surface area contributed by atoms with Gasteiger partial charge in [-0.3, -0.25) is 9.59 Å². The van der Waals surface area contributed by atoms with Crippen LogP contribution in [0.2, 0.25) is 0 Å². The minimum Gasteiger partial charge on any atom is -0.475 e. The fraction of sp³-hybridized carbons (Fsp3) is 0.318. The average Bonchev–Trinajstić information content (AvgIpc) is 3.28. The number of hydrogen-bond acceptors (Lipinski definition) is 7. The van der Waals surface area contributed by atoms with Crippen molar-refractivity contribution in [1.82, 2.24) is 9.55 Å². The molecule has 9 heteroatoms. The van der Waals surface area contributed by atoms with E-state index >= 15 is 0 Å². The summed E-state index contributed by atoms with van der Waals surface area (Å²) in [6.07, 6.45) is 3.52. The molecule has 3 rings (SSSR count). The molecule has 162 valence electrons. The van der Waals surface area contributed by atoms with Gasteiger partial charge in [0.05, 0.1) is 25.3 Å². The van der Waals surface area contributed by atoms with Crippen LogP contribution in [0.3, 0.4) is 0 Å². The summed E-state index contributed by atoms with van der Waals surface area (Å²) < 4.78 is 11.1. The first-order valence-electron chi connectivity index (χ1n) is 9.78. The topological polar surface area (TPSA) is 125 Å². The number of fused-ring (bicyclic) bond motifs is 1. The van der Waals surface area contributed by atoms with Crippen molar-refractivity contribution in [2.75, 3.05) is 13.2 Å². The molecular weight excluding hydrogens is 404 g/mol. The fourth-order valence-corrected chi connectivity index (χ4v) is 3.71. The van der Waals surface area contributed by atoms with Crippen molar-refractivity contribution in [2.24, 2.45) is 0 Å². The lowest BCUT2D eigenvalue weighted by Gasteiger charge is -2.29. The van der Waals surface area contributed by atoms with Gasteiger partial charge in [0.1, 0.15) is 5.54 Å². The Morgan fingerprint density at radius 2 is 1.90 bits per heavy atom. The van der Waals surface area contributed by atoms with E-state index in [-0.39, 0.29) is 31.7 Å². The molecule has 9 nitrogen and oxygen atoms in total. The van der Waals surface area contributed by atoms with Gasteiger partial charge in [-0.25, -0.2) is 14.6 Å². The molecular formula is C22H22N2O7. The first-order chi connectivity index (χ1) is 14.8. The Labute approximate surface area is 178 Å². The van der Waals surface area contributed by atoms with Crippen molar-refractivity contribution >= 4 is 29.8 Å². The zero-order valence-electron chi connectivity index (χ0n) is 17.2. The molecule has 1 heterocycles. The number of imidazole rings is 1. The summed E-state index contributed by atoms with van der Waals surface area (Å²) in [4.78, 5) is 53.5. The summed E-state index contributed by atoms with van der Waals surface area (Å²) in [6.45, 7) is 3.62. The highest BCUT2D eigenvalue weighted by atomic mass is 16.5. The number of carboxylic acid groups (broad SMARTS) is 1. The number of hydrogen-bond donors (Lipinski definition) is 1. The van der Waals surface area contributed by atoms with Gasteiger partial charge in [0, 0.05) is 24.3 Å². The SMILES string of the molecule is CCOC(=O)/C=C/c1cn(C2(CC(=O)OCC)Cc3ccccc3C2=O)c(C(=O)O)n1. The maximum atomic E-state index is 13.5. The largest absolute Gasteiger partial charge is 0.475 e. The molecule has 1 aromatic heterocycles. The predicted molar refractivity (Wildman–Crippen MR) is 109 cm³/mol. The van der Waals surface area contributed by atoms with Gasteiger partial charge in [-0.1, -0.05) is 24.3 Å². The molecule has 1 aliphatic carbocycles. The Bertz CT molecular complexity index is 1070. The van der Waals surface area contributed by atoms with E-state index in [0.717, 1.165) is 6.08 Å². The van der Waals surface area contributed by atoms with Gasteiger partial charge in [0.15, 0.2) is 5.78 Å². The molecule has 1 aliphatic rings. The molecule has 1 atom stereocenters. The highest BCUT2D eigenvalue weighted by Crippen LogP contribution is 2.40. The molecule has 1 unspecified atom stereocenters. The van der Waals surface area contributed by atoms with E-state index in [1.165, 1.54) is 16.8 Å². The summed E-state index contributed by atoms with van der Waals surface area (Å²) in [7, 11) is 0. The van der Waals surface area contributed by atoms with Crippen molar-refractivity contribution in [1.29, 1.82) is 0 Å². The smallest absolute Gasteiger partial charge is 0.372 e. The Hall–Kier alpha value is -3.75. The number of carboxylic acids is 1. The van der Waals surface area contributed by atoms with Crippen LogP contribution in [0.4, 0.5) is 0 Å². The van der Waals surface area contributed by atoms with Crippen LogP contribution in [-0.2, 0) is 31.0 Å². The summed E-state index contributed by atoms with van der Waals surface area (Å²) in [6, 6.07) is 6.88. The number of carbonyl (C=O) groups excluding carboxylic acids is 3. The monoisotopic (exact) mass is 426 g/mol. The van der Waals surface area contributed by atoms with Gasteiger partial charge in [0.2, 0.25) is 5.82 Å². The molecule has 2 aromatic rings. The minimum atomic E-state index is -1.54. The number of esters is 2. The van der Waals surface area contributed by atoms with Crippen LogP contribution >= 0.6 is 0 Å². The lowest BCUT2D eigenvalue weighted by Crippen LogP contribution is -2.43. The number of aromatic carboxylic acids is 1. The summed E-state index contributed by atoms with van der Waals surface area (Å²) >= 11 is 0. The Balaban J connectivity index is 2.12. The minimum absolute atomic E-state index is 0.110. The second kappa shape index (κ2) is 8.95. The molecule has 0 radical (unpaired) electrons. The molecule has 0 fully saturated rings. The number of carbonyl (C=O) groups is 4. The number of ether oxygens (including phenoxy) is 2. The van der Waals surface area contributed by atoms with Crippen molar-refractivity contribution in [3.63, 3.8) is 0 Å². The summed E-state index contributed by atoms with van der Waals surface area (Å²) in [5, 5.41) is 9.73. The fourth-order valence-electron chi connectivity index (χ4n) is 3.71. The third-order valence-electron chi connectivity index (χ3n) is 4.96. The van der Waals surface area contributed by atoms with Gasteiger partial charge >= 0.3 is 17.9 Å². The molecule has 0 amide bonds. The van der Waals surface area contributed by atoms with Gasteiger partial charge < -0.3 is 19.1 Å². The first kappa shape index (κ1) is 21.9. The number of ketones is 1. The molecule has 0 bridgehead atoms. The zero-order valence-corrected chi connectivity index (χ0v) is 17.2. The Morgan fingerprint density at radius 3 is 2.55 bits per heavy atom. The third-order valence-corrected chi connectivity index (χ3v) is 4.96. The quantitative estimate of drug-likeness (QED) is 0.503. The van der Waals surface area contributed by atoms with E-state index in [9.17, 15) is 24.3 Å². The summed E-state index contributed by atoms with van der Waals surface area (Å²) in [5.74, 6) is -3.43. The Kier molecular flexibility index (Phi) is 6.33. The molecule has 0 aliphatic heterocycles. The Morgan fingerprint density at radius 1 is 1.19 bits per heavy atom. The lowest BCUT2D eigenvalue weighted by molar-refractivity contribution is -0.145. The van der Waals surface area contributed by atoms with Crippen molar-refractivity contribution in [2.45, 2.75) is 32.2 Å². The molecule has 0 saturated carbocycles. The van der Waals surface area contributed by atoms with E-state index in [1.54, 1.807) is 38.1 Å². The van der Waals surface area contributed by atoms with E-state index in [4.69, 9.17) is 9.47 Å². The highest BCUT2D eigenvalue weighted by molar-refractivity contribution is 6.08. The predicted octanol–water partition coefficient (Wildman–Crippen LogP) is 2.25. The molecule has 0 saturated heterocycles. The standard InChI is InChI=1S/C22H22N2O7/c1-3-30-17(25)10-9-15-13-24(20(23-15)21(28)29)22(12-18(26)31-4-2)11-14-7-5-6-8-16(14)19(22)27/h5-10,13H,3-4,11-12H2,1-2H3,(H,28,29)/b10-9+. The third kappa shape index (κ3) is 4.25. The van der Waals surface area contributed by atoms with Gasteiger partial charge in [-0.2, -0.15) is 0 Å². The van der Waals surface area contributed by atoms with Crippen LogP contribution in [0.5, 0.6) is 0 Å². The summed E-state index contributed by atoms with van der Waals surface area (Å²) in [5.41, 5.74) is -0.282. The van der Waals surface area contributed by atoms with Crippen LogP contribution < -0.4 is 0 Å². The lowest BCUT2D eigenvalue weighted by atomic mass is 9.89. The normalized spacial score (nSPS) is 17.5. The van der Waals surface area contributed by atoms with Crippen molar-refractivity contribution in [3.05, 3.63) is 59.2 Å². The number of Topliss-reactive ketones (excluding diaryl/α,β-unsaturated/α-hetero) is 1. The van der Waals surface area contributed by atoms with E-state index < -0.39 is 35.1 Å². The number of aromatic nitrogens is 2. The molecule has 1 aromatic carbocycles. The second-order valence-corrected chi connectivity index (χ2v) is 6.93. The molecule has 0 spiro atoms. The highest BCUT2D eigenvalue weighted by Gasteiger charge is 2.50. The van der Waals surface area contributed by atoms with Gasteiger partial charge in [-0.05, 0) is 25.5 Å². The maximum absolute atomic E-state index is 13.5. The van der Waals surface area contributed by atoms with Crippen LogP contribution in [0, 0.1) is 0 Å². The number of rotatable bonds is 8. The van der Waals surface area contributed by atoms with E-state index in [1.807, 2.05) is 0 Å². The maximum Gasteiger partial charge on any atom is 0.372 e.